The summed E-state index contributed by atoms with van der Waals surface area (Å²) in [7, 11) is 0. The molecule has 0 radical (unpaired) electrons. The van der Waals surface area contributed by atoms with Crippen LogP contribution in [-0.4, -0.2) is 11.3 Å². The Kier molecular flexibility index (Phi) is 3.81. The molecule has 0 aliphatic rings. The van der Waals surface area contributed by atoms with Crippen LogP contribution < -0.4 is 5.73 Å². The molecule has 1 rings (SSSR count). The number of carbonyl (C=O) groups excluding carboxylic acids is 1. The van der Waals surface area contributed by atoms with Gasteiger partial charge in [-0.15, -0.1) is 0 Å². The molecular weight excluding hydrogens is 205 g/mol. The lowest BCUT2D eigenvalue weighted by Crippen LogP contribution is -2.32. The van der Waals surface area contributed by atoms with E-state index in [1.54, 1.807) is 6.92 Å². The van der Waals surface area contributed by atoms with Gasteiger partial charge in [-0.3, -0.25) is 4.79 Å². The van der Waals surface area contributed by atoms with E-state index in [1.165, 1.54) is 18.2 Å². The lowest BCUT2D eigenvalue weighted by Gasteiger charge is -2.17. The van der Waals surface area contributed by atoms with Gasteiger partial charge < -0.3 is 5.73 Å². The second kappa shape index (κ2) is 4.74. The highest BCUT2D eigenvalue weighted by Gasteiger charge is 2.15. The molecule has 3 heteroatoms. The fourth-order valence-electron chi connectivity index (χ4n) is 1.51. The third kappa shape index (κ3) is 3.74. The first kappa shape index (κ1) is 12.8. The van der Waals surface area contributed by atoms with E-state index in [0.717, 1.165) is 0 Å². The first-order valence-electron chi connectivity index (χ1n) is 5.38. The van der Waals surface area contributed by atoms with Gasteiger partial charge in [0.05, 0.1) is 0 Å². The van der Waals surface area contributed by atoms with Crippen LogP contribution in [0, 0.1) is 12.7 Å². The molecule has 0 aliphatic carbocycles. The number of hydrogen-bond acceptors (Lipinski definition) is 2. The van der Waals surface area contributed by atoms with Gasteiger partial charge in [-0.05, 0) is 51.0 Å². The van der Waals surface area contributed by atoms with Crippen LogP contribution in [0.3, 0.4) is 0 Å². The topological polar surface area (TPSA) is 43.1 Å². The van der Waals surface area contributed by atoms with Gasteiger partial charge in [-0.2, -0.15) is 0 Å². The molecule has 2 nitrogen and oxygen atoms in total. The van der Waals surface area contributed by atoms with Gasteiger partial charge in [0.2, 0.25) is 0 Å². The summed E-state index contributed by atoms with van der Waals surface area (Å²) < 4.78 is 12.9. The number of ketones is 1. The van der Waals surface area contributed by atoms with E-state index >= 15 is 0 Å². The smallest absolute Gasteiger partial charge is 0.163 e. The van der Waals surface area contributed by atoms with Crippen molar-refractivity contribution >= 4 is 5.78 Å². The van der Waals surface area contributed by atoms with E-state index in [0.29, 0.717) is 24.0 Å². The number of benzene rings is 1. The van der Waals surface area contributed by atoms with E-state index in [1.807, 2.05) is 13.8 Å². The van der Waals surface area contributed by atoms with Gasteiger partial charge in [-0.25, -0.2) is 4.39 Å². The highest BCUT2D eigenvalue weighted by atomic mass is 19.1. The normalized spacial score (nSPS) is 11.6. The van der Waals surface area contributed by atoms with Crippen LogP contribution >= 0.6 is 0 Å². The summed E-state index contributed by atoms with van der Waals surface area (Å²) in [5.74, 6) is -0.288. The van der Waals surface area contributed by atoms with Crippen molar-refractivity contribution in [1.29, 1.82) is 0 Å². The SMILES string of the molecule is Cc1cc(F)ccc1C(=O)CCC(C)(C)N. The lowest BCUT2D eigenvalue weighted by atomic mass is 9.94. The predicted molar refractivity (Wildman–Crippen MR) is 63.0 cm³/mol. The first-order valence-corrected chi connectivity index (χ1v) is 5.38. The summed E-state index contributed by atoms with van der Waals surface area (Å²) in [6, 6.07) is 4.23. The molecule has 0 aliphatic heterocycles. The molecule has 16 heavy (non-hydrogen) atoms. The van der Waals surface area contributed by atoms with Crippen molar-refractivity contribution in [2.75, 3.05) is 0 Å². The summed E-state index contributed by atoms with van der Waals surface area (Å²) in [5.41, 5.74) is 6.74. The maximum atomic E-state index is 12.9. The molecule has 1 aromatic rings. The predicted octanol–water partition coefficient (Wildman–Crippen LogP) is 2.83. The Morgan fingerprint density at radius 1 is 1.44 bits per heavy atom. The van der Waals surface area contributed by atoms with Crippen molar-refractivity contribution in [3.63, 3.8) is 0 Å². The number of nitrogens with two attached hydrogens (primary N) is 1. The minimum absolute atomic E-state index is 0.0241. The third-order valence-electron chi connectivity index (χ3n) is 2.49. The van der Waals surface area contributed by atoms with Crippen LogP contribution in [0.1, 0.15) is 42.6 Å². The number of rotatable bonds is 4. The highest BCUT2D eigenvalue weighted by molar-refractivity contribution is 5.97. The molecule has 0 saturated heterocycles. The van der Waals surface area contributed by atoms with Crippen molar-refractivity contribution < 1.29 is 9.18 Å². The standard InChI is InChI=1S/C13H18FNO/c1-9-8-10(14)4-5-11(9)12(16)6-7-13(2,3)15/h4-5,8H,6-7,15H2,1-3H3. The molecule has 2 N–H and O–H groups in total. The summed E-state index contributed by atoms with van der Waals surface area (Å²) in [4.78, 5) is 11.8. The molecule has 0 fully saturated rings. The molecule has 0 heterocycles. The molecule has 0 atom stereocenters. The number of carbonyl (C=O) groups is 1. The average molecular weight is 223 g/mol. The Bertz CT molecular complexity index is 393. The number of hydrogen-bond donors (Lipinski definition) is 1. The van der Waals surface area contributed by atoms with Gasteiger partial charge >= 0.3 is 0 Å². The molecule has 0 aromatic heterocycles. The summed E-state index contributed by atoms with van der Waals surface area (Å²) in [6.45, 7) is 5.51. The average Bonchev–Trinajstić information content (AvgIpc) is 2.13. The summed E-state index contributed by atoms with van der Waals surface area (Å²) >= 11 is 0. The minimum Gasteiger partial charge on any atom is -0.326 e. The van der Waals surface area contributed by atoms with E-state index in [4.69, 9.17) is 5.73 Å². The zero-order valence-electron chi connectivity index (χ0n) is 10.0. The lowest BCUT2D eigenvalue weighted by molar-refractivity contribution is 0.0972. The van der Waals surface area contributed by atoms with E-state index in [9.17, 15) is 9.18 Å². The Labute approximate surface area is 95.7 Å². The molecule has 1 aromatic carbocycles. The largest absolute Gasteiger partial charge is 0.326 e. The number of halogens is 1. The number of Topliss-reactive ketones (excluding diaryl/α,β-unsaturated/α-hetero) is 1. The van der Waals surface area contributed by atoms with E-state index in [-0.39, 0.29) is 17.1 Å². The van der Waals surface area contributed by atoms with Crippen molar-refractivity contribution in [2.24, 2.45) is 5.73 Å². The Morgan fingerprint density at radius 2 is 2.06 bits per heavy atom. The third-order valence-corrected chi connectivity index (χ3v) is 2.49. The maximum Gasteiger partial charge on any atom is 0.163 e. The van der Waals surface area contributed by atoms with Gasteiger partial charge in [0.25, 0.3) is 0 Å². The molecular formula is C13H18FNO. The second-order valence-electron chi connectivity index (χ2n) is 4.87. The van der Waals surface area contributed by atoms with Crippen LogP contribution in [0.2, 0.25) is 0 Å². The van der Waals surface area contributed by atoms with Gasteiger partial charge in [0.1, 0.15) is 5.82 Å². The molecule has 0 saturated carbocycles. The van der Waals surface area contributed by atoms with E-state index < -0.39 is 0 Å². The monoisotopic (exact) mass is 223 g/mol. The Balaban J connectivity index is 2.74. The van der Waals surface area contributed by atoms with Crippen molar-refractivity contribution in [2.45, 2.75) is 39.2 Å². The van der Waals surface area contributed by atoms with E-state index in [2.05, 4.69) is 0 Å². The molecule has 0 spiro atoms. The van der Waals surface area contributed by atoms with Crippen LogP contribution in [-0.2, 0) is 0 Å². The van der Waals surface area contributed by atoms with Crippen LogP contribution in [0.4, 0.5) is 4.39 Å². The van der Waals surface area contributed by atoms with Crippen LogP contribution in [0.25, 0.3) is 0 Å². The zero-order chi connectivity index (χ0) is 12.3. The summed E-state index contributed by atoms with van der Waals surface area (Å²) in [5, 5.41) is 0. The molecule has 0 bridgehead atoms. The zero-order valence-corrected chi connectivity index (χ0v) is 10.0. The van der Waals surface area contributed by atoms with Crippen molar-refractivity contribution in [3.05, 3.63) is 35.1 Å². The van der Waals surface area contributed by atoms with Crippen LogP contribution in [0.5, 0.6) is 0 Å². The first-order chi connectivity index (χ1) is 7.29. The highest BCUT2D eigenvalue weighted by Crippen LogP contribution is 2.16. The quantitative estimate of drug-likeness (QED) is 0.797. The molecule has 0 unspecified atom stereocenters. The fourth-order valence-corrected chi connectivity index (χ4v) is 1.51. The van der Waals surface area contributed by atoms with Crippen LogP contribution in [0.15, 0.2) is 18.2 Å². The maximum absolute atomic E-state index is 12.9. The molecule has 0 amide bonds. The van der Waals surface area contributed by atoms with Gasteiger partial charge in [0, 0.05) is 17.5 Å². The van der Waals surface area contributed by atoms with Crippen molar-refractivity contribution in [1.82, 2.24) is 0 Å². The van der Waals surface area contributed by atoms with Crippen molar-refractivity contribution in [3.8, 4) is 0 Å². The van der Waals surface area contributed by atoms with Gasteiger partial charge in [0.15, 0.2) is 5.78 Å². The minimum atomic E-state index is -0.344. The summed E-state index contributed by atoms with van der Waals surface area (Å²) in [6.07, 6.45) is 1.03. The van der Waals surface area contributed by atoms with Gasteiger partial charge in [-0.1, -0.05) is 0 Å². The Hall–Kier alpha value is -1.22. The number of aryl methyl sites for hydroxylation is 1. The fraction of sp³-hybridized carbons (Fsp3) is 0.462. The Morgan fingerprint density at radius 3 is 2.56 bits per heavy atom. The second-order valence-corrected chi connectivity index (χ2v) is 4.87. The molecule has 88 valence electrons.